The molecule has 1 saturated heterocycles. The summed E-state index contributed by atoms with van der Waals surface area (Å²) in [5.74, 6) is 0.343. The molecule has 138 valence electrons. The van der Waals surface area contributed by atoms with Crippen molar-refractivity contribution in [3.8, 4) is 5.75 Å². The zero-order chi connectivity index (χ0) is 18.4. The molecule has 1 N–H and O–H groups in total. The standard InChI is InChI=1S/C19H29N3O3/c1-5-21-11-13-22(14-12-21)18(24)19(3,4)17(23)20-15-7-9-16(10-8-15)25-6-2/h7-10H,5-6,11-14H2,1-4H3,(H,20,23). The second-order valence-electron chi connectivity index (χ2n) is 6.76. The van der Waals surface area contributed by atoms with E-state index in [1.165, 1.54) is 0 Å². The molecule has 0 aliphatic carbocycles. The number of amides is 2. The van der Waals surface area contributed by atoms with Gasteiger partial charge in [-0.25, -0.2) is 0 Å². The Morgan fingerprint density at radius 1 is 1.08 bits per heavy atom. The molecule has 1 aliphatic rings. The first kappa shape index (κ1) is 19.2. The Labute approximate surface area is 150 Å². The van der Waals surface area contributed by atoms with E-state index in [1.54, 1.807) is 43.0 Å². The van der Waals surface area contributed by atoms with Crippen molar-refractivity contribution in [1.82, 2.24) is 9.80 Å². The lowest BCUT2D eigenvalue weighted by Crippen LogP contribution is -2.54. The van der Waals surface area contributed by atoms with E-state index in [0.29, 0.717) is 25.4 Å². The molecule has 1 heterocycles. The minimum atomic E-state index is -1.10. The molecule has 0 bridgehead atoms. The largest absolute Gasteiger partial charge is 0.494 e. The third-order valence-corrected chi connectivity index (χ3v) is 4.63. The first-order valence-electron chi connectivity index (χ1n) is 8.94. The SMILES string of the molecule is CCOc1ccc(NC(=O)C(C)(C)C(=O)N2CCN(CC)CC2)cc1. The Morgan fingerprint density at radius 2 is 1.68 bits per heavy atom. The molecule has 25 heavy (non-hydrogen) atoms. The van der Waals surface area contributed by atoms with Gasteiger partial charge in [0.05, 0.1) is 6.61 Å². The van der Waals surface area contributed by atoms with Crippen LogP contribution in [-0.4, -0.2) is 60.9 Å². The first-order chi connectivity index (χ1) is 11.9. The van der Waals surface area contributed by atoms with Gasteiger partial charge in [0.15, 0.2) is 0 Å². The van der Waals surface area contributed by atoms with Gasteiger partial charge in [0.1, 0.15) is 11.2 Å². The van der Waals surface area contributed by atoms with Gasteiger partial charge in [-0.3, -0.25) is 9.59 Å². The molecule has 0 saturated carbocycles. The number of benzene rings is 1. The number of carbonyl (C=O) groups is 2. The predicted molar refractivity (Wildman–Crippen MR) is 98.7 cm³/mol. The molecule has 1 aromatic rings. The number of nitrogens with one attached hydrogen (secondary N) is 1. The highest BCUT2D eigenvalue weighted by Crippen LogP contribution is 2.24. The highest BCUT2D eigenvalue weighted by molar-refractivity contribution is 6.09. The molecular formula is C19H29N3O3. The van der Waals surface area contributed by atoms with E-state index in [4.69, 9.17) is 4.74 Å². The molecule has 1 fully saturated rings. The number of hydrogen-bond acceptors (Lipinski definition) is 4. The van der Waals surface area contributed by atoms with Crippen molar-refractivity contribution in [1.29, 1.82) is 0 Å². The van der Waals surface area contributed by atoms with Crippen LogP contribution < -0.4 is 10.1 Å². The van der Waals surface area contributed by atoms with Crippen LogP contribution in [0.4, 0.5) is 5.69 Å². The molecule has 6 nitrogen and oxygen atoms in total. The van der Waals surface area contributed by atoms with Crippen molar-refractivity contribution in [3.63, 3.8) is 0 Å². The third-order valence-electron chi connectivity index (χ3n) is 4.63. The molecule has 2 rings (SSSR count). The normalized spacial score (nSPS) is 15.8. The summed E-state index contributed by atoms with van der Waals surface area (Å²) in [6, 6.07) is 7.17. The van der Waals surface area contributed by atoms with Crippen molar-refractivity contribution in [3.05, 3.63) is 24.3 Å². The minimum Gasteiger partial charge on any atom is -0.494 e. The fourth-order valence-corrected chi connectivity index (χ4v) is 2.85. The van der Waals surface area contributed by atoms with Gasteiger partial charge in [-0.15, -0.1) is 0 Å². The molecule has 0 aromatic heterocycles. The molecule has 2 amide bonds. The number of piperazine rings is 1. The number of likely N-dealkylation sites (N-methyl/N-ethyl adjacent to an activating group) is 1. The van der Waals surface area contributed by atoms with E-state index in [-0.39, 0.29) is 11.8 Å². The summed E-state index contributed by atoms with van der Waals surface area (Å²) in [5, 5.41) is 2.84. The van der Waals surface area contributed by atoms with Crippen molar-refractivity contribution in [2.45, 2.75) is 27.7 Å². The van der Waals surface area contributed by atoms with Crippen LogP contribution in [0.25, 0.3) is 0 Å². The van der Waals surface area contributed by atoms with Crippen LogP contribution in [-0.2, 0) is 9.59 Å². The summed E-state index contributed by atoms with van der Waals surface area (Å²) in [6.45, 7) is 12.1. The van der Waals surface area contributed by atoms with Crippen molar-refractivity contribution >= 4 is 17.5 Å². The average molecular weight is 347 g/mol. The molecule has 0 atom stereocenters. The van der Waals surface area contributed by atoms with Crippen molar-refractivity contribution in [2.75, 3.05) is 44.6 Å². The second-order valence-corrected chi connectivity index (χ2v) is 6.76. The van der Waals surface area contributed by atoms with E-state index in [9.17, 15) is 9.59 Å². The zero-order valence-corrected chi connectivity index (χ0v) is 15.7. The van der Waals surface area contributed by atoms with Crippen LogP contribution in [0.5, 0.6) is 5.75 Å². The van der Waals surface area contributed by atoms with Crippen LogP contribution in [0, 0.1) is 5.41 Å². The van der Waals surface area contributed by atoms with E-state index in [2.05, 4.69) is 17.1 Å². The zero-order valence-electron chi connectivity index (χ0n) is 15.7. The quantitative estimate of drug-likeness (QED) is 0.802. The maximum absolute atomic E-state index is 12.8. The van der Waals surface area contributed by atoms with Gasteiger partial charge in [-0.2, -0.15) is 0 Å². The predicted octanol–water partition coefficient (Wildman–Crippen LogP) is 2.21. The van der Waals surface area contributed by atoms with Gasteiger partial charge in [0, 0.05) is 31.9 Å². The summed E-state index contributed by atoms with van der Waals surface area (Å²) in [5.41, 5.74) is -0.447. The molecule has 1 aromatic carbocycles. The van der Waals surface area contributed by atoms with Gasteiger partial charge < -0.3 is 19.9 Å². The number of hydrogen-bond donors (Lipinski definition) is 1. The number of anilines is 1. The van der Waals surface area contributed by atoms with E-state index >= 15 is 0 Å². The summed E-state index contributed by atoms with van der Waals surface area (Å²) in [7, 11) is 0. The van der Waals surface area contributed by atoms with E-state index in [1.807, 2.05) is 6.92 Å². The third kappa shape index (κ3) is 4.72. The number of carbonyl (C=O) groups excluding carboxylic acids is 2. The van der Waals surface area contributed by atoms with Gasteiger partial charge in [0.25, 0.3) is 0 Å². The maximum atomic E-state index is 12.8. The second kappa shape index (κ2) is 8.34. The average Bonchev–Trinajstić information content (AvgIpc) is 2.63. The lowest BCUT2D eigenvalue weighted by Gasteiger charge is -2.37. The Morgan fingerprint density at radius 3 is 2.20 bits per heavy atom. The molecule has 1 aliphatic heterocycles. The van der Waals surface area contributed by atoms with Crippen LogP contribution in [0.2, 0.25) is 0 Å². The van der Waals surface area contributed by atoms with Gasteiger partial charge in [0.2, 0.25) is 11.8 Å². The van der Waals surface area contributed by atoms with Crippen molar-refractivity contribution < 1.29 is 14.3 Å². The number of nitrogens with zero attached hydrogens (tertiary/aromatic N) is 2. The van der Waals surface area contributed by atoms with Crippen LogP contribution in [0.1, 0.15) is 27.7 Å². The van der Waals surface area contributed by atoms with E-state index < -0.39 is 5.41 Å². The van der Waals surface area contributed by atoms with Crippen LogP contribution in [0.15, 0.2) is 24.3 Å². The first-order valence-corrected chi connectivity index (χ1v) is 8.94. The topological polar surface area (TPSA) is 61.9 Å². The highest BCUT2D eigenvalue weighted by Gasteiger charge is 2.40. The monoisotopic (exact) mass is 347 g/mol. The maximum Gasteiger partial charge on any atom is 0.239 e. The van der Waals surface area contributed by atoms with Crippen molar-refractivity contribution in [2.24, 2.45) is 5.41 Å². The minimum absolute atomic E-state index is 0.119. The highest BCUT2D eigenvalue weighted by atomic mass is 16.5. The Bertz CT molecular complexity index is 590. The summed E-state index contributed by atoms with van der Waals surface area (Å²) >= 11 is 0. The fraction of sp³-hybridized carbons (Fsp3) is 0.579. The van der Waals surface area contributed by atoms with Gasteiger partial charge >= 0.3 is 0 Å². The summed E-state index contributed by atoms with van der Waals surface area (Å²) in [4.78, 5) is 29.6. The number of rotatable bonds is 6. The summed E-state index contributed by atoms with van der Waals surface area (Å²) in [6.07, 6.45) is 0. The van der Waals surface area contributed by atoms with E-state index in [0.717, 1.165) is 25.4 Å². The Balaban J connectivity index is 1.97. The Hall–Kier alpha value is -2.08. The van der Waals surface area contributed by atoms with Crippen LogP contribution in [0.3, 0.4) is 0 Å². The lowest BCUT2D eigenvalue weighted by molar-refractivity contribution is -0.147. The molecule has 6 heteroatoms. The summed E-state index contributed by atoms with van der Waals surface area (Å²) < 4.78 is 5.39. The van der Waals surface area contributed by atoms with Gasteiger partial charge in [-0.1, -0.05) is 6.92 Å². The van der Waals surface area contributed by atoms with Crippen LogP contribution >= 0.6 is 0 Å². The molecule has 0 spiro atoms. The smallest absolute Gasteiger partial charge is 0.239 e. The molecule has 0 unspecified atom stereocenters. The van der Waals surface area contributed by atoms with Gasteiger partial charge in [-0.05, 0) is 51.6 Å². The number of ether oxygens (including phenoxy) is 1. The molecule has 0 radical (unpaired) electrons. The lowest BCUT2D eigenvalue weighted by atomic mass is 9.89. The fourth-order valence-electron chi connectivity index (χ4n) is 2.85. The Kier molecular flexibility index (Phi) is 6.42. The molecular weight excluding hydrogens is 318 g/mol.